The molecule has 1 aliphatic rings. The van der Waals surface area contributed by atoms with Crippen molar-refractivity contribution in [3.8, 4) is 17.0 Å². The lowest BCUT2D eigenvalue weighted by atomic mass is 9.96. The van der Waals surface area contributed by atoms with Gasteiger partial charge in [-0.25, -0.2) is 13.4 Å². The van der Waals surface area contributed by atoms with E-state index in [-0.39, 0.29) is 5.92 Å². The lowest BCUT2D eigenvalue weighted by molar-refractivity contribution is 0.189. The first-order valence-corrected chi connectivity index (χ1v) is 9.69. The van der Waals surface area contributed by atoms with Crippen molar-refractivity contribution in [2.75, 3.05) is 32.1 Å². The molecule has 4 aromatic heterocycles. The molecule has 9 heteroatoms. The molecular weight excluding hydrogens is 373 g/mol. The Labute approximate surface area is 166 Å². The molecule has 2 atom stereocenters. The lowest BCUT2D eigenvalue weighted by Gasteiger charge is -2.26. The van der Waals surface area contributed by atoms with Crippen molar-refractivity contribution in [1.82, 2.24) is 29.5 Å². The molecule has 150 valence electrons. The number of nitrogens with zero attached hydrogens (tertiary/aromatic N) is 5. The second kappa shape index (κ2) is 7.32. The Kier molecular flexibility index (Phi) is 4.51. The van der Waals surface area contributed by atoms with E-state index in [0.29, 0.717) is 24.9 Å². The largest absolute Gasteiger partial charge is 0.479 e. The Bertz CT molecular complexity index is 1150. The SMILES string of the molecule is COc1nc(NCC2CCNC[C@@H]2F)nn2ccc(-c3ccn4nccc4c3)c12. The number of piperidine rings is 1. The first kappa shape index (κ1) is 17.9. The molecule has 0 saturated carbocycles. The van der Waals surface area contributed by atoms with E-state index in [1.807, 2.05) is 35.1 Å². The highest BCUT2D eigenvalue weighted by Crippen LogP contribution is 2.32. The fourth-order valence-corrected chi connectivity index (χ4v) is 3.86. The molecule has 0 aromatic carbocycles. The average Bonchev–Trinajstić information content (AvgIpc) is 3.38. The number of hydrogen-bond acceptors (Lipinski definition) is 6. The van der Waals surface area contributed by atoms with E-state index in [1.165, 1.54) is 0 Å². The molecule has 1 fully saturated rings. The maximum Gasteiger partial charge on any atom is 0.244 e. The van der Waals surface area contributed by atoms with Gasteiger partial charge in [0.25, 0.3) is 0 Å². The van der Waals surface area contributed by atoms with Gasteiger partial charge < -0.3 is 15.4 Å². The summed E-state index contributed by atoms with van der Waals surface area (Å²) in [6.07, 6.45) is 5.49. The van der Waals surface area contributed by atoms with Gasteiger partial charge in [0.2, 0.25) is 11.8 Å². The number of pyridine rings is 1. The first-order valence-electron chi connectivity index (χ1n) is 9.69. The topological polar surface area (TPSA) is 80.8 Å². The molecule has 0 amide bonds. The molecule has 0 radical (unpaired) electrons. The normalized spacial score (nSPS) is 19.7. The third-order valence-corrected chi connectivity index (χ3v) is 5.45. The summed E-state index contributed by atoms with van der Waals surface area (Å²) in [6, 6.07) is 8.01. The molecule has 5 rings (SSSR count). The zero-order chi connectivity index (χ0) is 19.8. The molecule has 0 bridgehead atoms. The molecule has 29 heavy (non-hydrogen) atoms. The van der Waals surface area contributed by atoms with Crippen LogP contribution in [0.2, 0.25) is 0 Å². The molecule has 5 heterocycles. The summed E-state index contributed by atoms with van der Waals surface area (Å²) in [5, 5.41) is 15.0. The monoisotopic (exact) mass is 395 g/mol. The fraction of sp³-hybridized carbons (Fsp3) is 0.350. The predicted octanol–water partition coefficient (Wildman–Crippen LogP) is 2.41. The van der Waals surface area contributed by atoms with E-state index >= 15 is 0 Å². The number of anilines is 1. The fourth-order valence-electron chi connectivity index (χ4n) is 3.86. The molecule has 8 nitrogen and oxygen atoms in total. The Balaban J connectivity index is 1.47. The zero-order valence-electron chi connectivity index (χ0n) is 16.0. The van der Waals surface area contributed by atoms with E-state index in [4.69, 9.17) is 4.74 Å². The summed E-state index contributed by atoms with van der Waals surface area (Å²) >= 11 is 0. The minimum Gasteiger partial charge on any atom is -0.479 e. The number of methoxy groups -OCH3 is 1. The van der Waals surface area contributed by atoms with Crippen molar-refractivity contribution < 1.29 is 9.13 Å². The Morgan fingerprint density at radius 1 is 1.28 bits per heavy atom. The second-order valence-electron chi connectivity index (χ2n) is 7.23. The van der Waals surface area contributed by atoms with Gasteiger partial charge in [-0.1, -0.05) is 0 Å². The highest BCUT2D eigenvalue weighted by atomic mass is 19.1. The highest BCUT2D eigenvalue weighted by molar-refractivity contribution is 5.85. The maximum absolute atomic E-state index is 14.0. The molecule has 1 saturated heterocycles. The van der Waals surface area contributed by atoms with Gasteiger partial charge in [-0.05, 0) is 42.8 Å². The summed E-state index contributed by atoms with van der Waals surface area (Å²) in [5.74, 6) is 0.843. The lowest BCUT2D eigenvalue weighted by Crippen LogP contribution is -2.41. The molecule has 0 spiro atoms. The summed E-state index contributed by atoms with van der Waals surface area (Å²) in [6.45, 7) is 1.72. The van der Waals surface area contributed by atoms with Gasteiger partial charge in [0, 0.05) is 43.2 Å². The standard InChI is InChI=1S/C20H22FN7O/c1-29-19-18-16(13-4-8-27-15(10-13)3-7-24-27)5-9-28(18)26-20(25-19)23-11-14-2-6-22-12-17(14)21/h3-5,7-10,14,17,22H,2,6,11-12H2,1H3,(H,23,26)/t14?,17-/m0/s1. The van der Waals surface area contributed by atoms with Crippen LogP contribution in [0.3, 0.4) is 0 Å². The highest BCUT2D eigenvalue weighted by Gasteiger charge is 2.24. The first-order chi connectivity index (χ1) is 14.2. The minimum absolute atomic E-state index is 0.0517. The number of ether oxygens (including phenoxy) is 1. The Hall–Kier alpha value is -3.20. The van der Waals surface area contributed by atoms with Crippen LogP contribution >= 0.6 is 0 Å². The summed E-state index contributed by atoms with van der Waals surface area (Å²) < 4.78 is 23.2. The van der Waals surface area contributed by atoms with Crippen LogP contribution in [0.5, 0.6) is 5.88 Å². The summed E-state index contributed by atoms with van der Waals surface area (Å²) in [7, 11) is 1.59. The minimum atomic E-state index is -0.862. The van der Waals surface area contributed by atoms with Gasteiger partial charge in [0.1, 0.15) is 11.7 Å². The number of hydrogen-bond donors (Lipinski definition) is 2. The van der Waals surface area contributed by atoms with Crippen LogP contribution in [0.1, 0.15) is 6.42 Å². The Morgan fingerprint density at radius 3 is 3.03 bits per heavy atom. The van der Waals surface area contributed by atoms with E-state index in [0.717, 1.165) is 35.1 Å². The number of fused-ring (bicyclic) bond motifs is 2. The molecule has 2 N–H and O–H groups in total. The molecule has 0 aliphatic carbocycles. The number of alkyl halides is 1. The van der Waals surface area contributed by atoms with Crippen LogP contribution in [-0.4, -0.2) is 57.1 Å². The van der Waals surface area contributed by atoms with Crippen LogP contribution in [0.25, 0.3) is 22.2 Å². The third kappa shape index (κ3) is 3.27. The van der Waals surface area contributed by atoms with Crippen molar-refractivity contribution >= 4 is 17.0 Å². The van der Waals surface area contributed by atoms with Crippen LogP contribution in [0.4, 0.5) is 10.3 Å². The second-order valence-corrected chi connectivity index (χ2v) is 7.23. The number of halogens is 1. The van der Waals surface area contributed by atoms with Crippen molar-refractivity contribution in [2.24, 2.45) is 5.92 Å². The number of rotatable bonds is 5. The van der Waals surface area contributed by atoms with Gasteiger partial charge in [-0.2, -0.15) is 10.1 Å². The van der Waals surface area contributed by atoms with Gasteiger partial charge in [0.05, 0.1) is 12.6 Å². The van der Waals surface area contributed by atoms with Crippen molar-refractivity contribution in [2.45, 2.75) is 12.6 Å². The van der Waals surface area contributed by atoms with E-state index in [9.17, 15) is 4.39 Å². The van der Waals surface area contributed by atoms with E-state index in [2.05, 4.69) is 31.9 Å². The van der Waals surface area contributed by atoms with Crippen LogP contribution in [-0.2, 0) is 0 Å². The smallest absolute Gasteiger partial charge is 0.244 e. The quantitative estimate of drug-likeness (QED) is 0.540. The average molecular weight is 395 g/mol. The maximum atomic E-state index is 14.0. The number of aromatic nitrogens is 5. The molecule has 4 aromatic rings. The summed E-state index contributed by atoms with van der Waals surface area (Å²) in [4.78, 5) is 4.52. The van der Waals surface area contributed by atoms with E-state index < -0.39 is 6.17 Å². The van der Waals surface area contributed by atoms with Crippen LogP contribution in [0.15, 0.2) is 42.9 Å². The zero-order valence-corrected chi connectivity index (χ0v) is 16.0. The third-order valence-electron chi connectivity index (χ3n) is 5.45. The van der Waals surface area contributed by atoms with Gasteiger partial charge >= 0.3 is 0 Å². The van der Waals surface area contributed by atoms with E-state index in [1.54, 1.807) is 17.8 Å². The molecule has 1 unspecified atom stereocenters. The predicted molar refractivity (Wildman–Crippen MR) is 108 cm³/mol. The van der Waals surface area contributed by atoms with Gasteiger partial charge in [-0.3, -0.25) is 0 Å². The van der Waals surface area contributed by atoms with Gasteiger partial charge in [-0.15, -0.1) is 5.10 Å². The van der Waals surface area contributed by atoms with Crippen molar-refractivity contribution in [3.05, 3.63) is 42.9 Å². The van der Waals surface area contributed by atoms with Crippen LogP contribution in [0, 0.1) is 5.92 Å². The van der Waals surface area contributed by atoms with Crippen molar-refractivity contribution in [1.29, 1.82) is 0 Å². The molecule has 1 aliphatic heterocycles. The molecular formula is C20H22FN7O. The Morgan fingerprint density at radius 2 is 2.17 bits per heavy atom. The summed E-state index contributed by atoms with van der Waals surface area (Å²) in [5.41, 5.74) is 3.78. The van der Waals surface area contributed by atoms with Crippen LogP contribution < -0.4 is 15.4 Å². The van der Waals surface area contributed by atoms with Gasteiger partial charge in [0.15, 0.2) is 0 Å². The number of nitrogens with one attached hydrogen (secondary N) is 2. The van der Waals surface area contributed by atoms with Crippen molar-refractivity contribution in [3.63, 3.8) is 0 Å².